The highest BCUT2D eigenvalue weighted by Crippen LogP contribution is 2.75. The van der Waals surface area contributed by atoms with E-state index in [9.17, 15) is 20.1 Å². The van der Waals surface area contributed by atoms with Gasteiger partial charge in [-0.25, -0.2) is 0 Å². The molecule has 0 aromatic rings. The minimum absolute atomic E-state index is 0.000670. The highest BCUT2D eigenvalue weighted by atomic mass is 16.4. The number of fused-ring (bicyclic) bond motifs is 7. The Labute approximate surface area is 206 Å². The van der Waals surface area contributed by atoms with Gasteiger partial charge in [0.05, 0.1) is 11.5 Å². The van der Waals surface area contributed by atoms with Crippen molar-refractivity contribution in [2.75, 3.05) is 6.61 Å². The molecule has 0 saturated heterocycles. The molecule has 0 amide bonds. The molecule has 0 radical (unpaired) electrons. The predicted octanol–water partition coefficient (Wildman–Crippen LogP) is 6.06. The Morgan fingerprint density at radius 3 is 2.32 bits per heavy atom. The van der Waals surface area contributed by atoms with E-state index in [0.29, 0.717) is 18.3 Å². The van der Waals surface area contributed by atoms with Crippen LogP contribution in [0.15, 0.2) is 11.6 Å². The standard InChI is InChI=1S/C30H48O4/c1-18-19(17-31)9-14-30(25(33)34)16-15-28(5)20(24(18)30)7-8-22-27(4)12-11-23(32)26(2,3)21(27)10-13-29(22,28)6/h7,18-19,21-24,31-32H,8-17H2,1-6H3,(H,33,34)/t18?,19?,21?,22?,23?,24?,27-,28+,29+,30-/m0/s1. The summed E-state index contributed by atoms with van der Waals surface area (Å²) < 4.78 is 0. The molecular weight excluding hydrogens is 424 g/mol. The van der Waals surface area contributed by atoms with Crippen molar-refractivity contribution in [2.45, 2.75) is 105 Å². The molecular formula is C30H48O4. The molecule has 0 heterocycles. The minimum atomic E-state index is -0.669. The maximum Gasteiger partial charge on any atom is 0.310 e. The number of rotatable bonds is 2. The molecule has 4 heteroatoms. The van der Waals surface area contributed by atoms with Gasteiger partial charge in [0.25, 0.3) is 0 Å². The van der Waals surface area contributed by atoms with Gasteiger partial charge in [-0.05, 0) is 109 Å². The van der Waals surface area contributed by atoms with Crippen LogP contribution in [0.25, 0.3) is 0 Å². The van der Waals surface area contributed by atoms with Gasteiger partial charge in [0.15, 0.2) is 0 Å². The molecule has 5 aliphatic carbocycles. The van der Waals surface area contributed by atoms with Gasteiger partial charge in [-0.3, -0.25) is 4.79 Å². The monoisotopic (exact) mass is 472 g/mol. The third kappa shape index (κ3) is 2.82. The Morgan fingerprint density at radius 2 is 1.68 bits per heavy atom. The lowest BCUT2D eigenvalue weighted by molar-refractivity contribution is -0.207. The summed E-state index contributed by atoms with van der Waals surface area (Å²) in [5, 5.41) is 31.5. The Bertz CT molecular complexity index is 892. The van der Waals surface area contributed by atoms with Gasteiger partial charge in [0, 0.05) is 6.61 Å². The lowest BCUT2D eigenvalue weighted by Crippen LogP contribution is -2.65. The van der Waals surface area contributed by atoms with Crippen LogP contribution in [-0.4, -0.2) is 34.0 Å². The lowest BCUT2D eigenvalue weighted by atomic mass is 9.33. The Hall–Kier alpha value is -0.870. The van der Waals surface area contributed by atoms with Gasteiger partial charge in [0.2, 0.25) is 0 Å². The van der Waals surface area contributed by atoms with Crippen molar-refractivity contribution in [2.24, 2.45) is 56.7 Å². The maximum atomic E-state index is 12.8. The van der Waals surface area contributed by atoms with E-state index in [2.05, 4.69) is 47.6 Å². The Kier molecular flexibility index (Phi) is 5.52. The van der Waals surface area contributed by atoms with Crippen molar-refractivity contribution < 1.29 is 20.1 Å². The van der Waals surface area contributed by atoms with Gasteiger partial charge in [-0.2, -0.15) is 0 Å². The number of aliphatic hydroxyl groups excluding tert-OH is 2. The van der Waals surface area contributed by atoms with E-state index in [4.69, 9.17) is 0 Å². The minimum Gasteiger partial charge on any atom is -0.481 e. The molecule has 4 saturated carbocycles. The molecule has 0 aromatic carbocycles. The van der Waals surface area contributed by atoms with Crippen molar-refractivity contribution in [1.82, 2.24) is 0 Å². The van der Waals surface area contributed by atoms with E-state index in [1.807, 2.05) is 0 Å². The average molecular weight is 473 g/mol. The van der Waals surface area contributed by atoms with Crippen LogP contribution < -0.4 is 0 Å². The second kappa shape index (κ2) is 7.57. The topological polar surface area (TPSA) is 77.8 Å². The number of carboxylic acid groups (broad SMARTS) is 1. The highest BCUT2D eigenvalue weighted by Gasteiger charge is 2.69. The quantitative estimate of drug-likeness (QED) is 0.427. The van der Waals surface area contributed by atoms with E-state index in [1.54, 1.807) is 0 Å². The summed E-state index contributed by atoms with van der Waals surface area (Å²) in [6.45, 7) is 14.5. The zero-order valence-corrected chi connectivity index (χ0v) is 22.4. The molecule has 192 valence electrons. The van der Waals surface area contributed by atoms with E-state index in [0.717, 1.165) is 51.4 Å². The van der Waals surface area contributed by atoms with Crippen molar-refractivity contribution >= 4 is 5.97 Å². The molecule has 5 rings (SSSR count). The SMILES string of the molecule is CC1C(CO)CC[C@]2(C(=O)O)CC[C@]3(C)C(=CCC4[C@@]5(C)CCC(O)C(C)(C)C5CC[C@]43C)C12. The first-order valence-corrected chi connectivity index (χ1v) is 14.0. The first-order valence-electron chi connectivity index (χ1n) is 14.0. The van der Waals surface area contributed by atoms with E-state index >= 15 is 0 Å². The fourth-order valence-corrected chi connectivity index (χ4v) is 11.0. The fraction of sp³-hybridized carbons (Fsp3) is 0.900. The summed E-state index contributed by atoms with van der Waals surface area (Å²) in [6, 6.07) is 0. The molecule has 0 aromatic heterocycles. The van der Waals surface area contributed by atoms with Crippen LogP contribution in [-0.2, 0) is 4.79 Å². The van der Waals surface area contributed by atoms with Crippen LogP contribution in [0, 0.1) is 56.7 Å². The van der Waals surface area contributed by atoms with Crippen LogP contribution in [0.2, 0.25) is 0 Å². The van der Waals surface area contributed by atoms with Crippen molar-refractivity contribution in [3.05, 3.63) is 11.6 Å². The number of carbonyl (C=O) groups is 1. The van der Waals surface area contributed by atoms with Crippen molar-refractivity contribution in [3.63, 3.8) is 0 Å². The van der Waals surface area contributed by atoms with Crippen LogP contribution in [0.4, 0.5) is 0 Å². The molecule has 34 heavy (non-hydrogen) atoms. The third-order valence-corrected chi connectivity index (χ3v) is 13.4. The molecule has 0 bridgehead atoms. The van der Waals surface area contributed by atoms with Crippen LogP contribution >= 0.6 is 0 Å². The Balaban J connectivity index is 1.61. The first kappa shape index (κ1) is 24.8. The number of hydrogen-bond acceptors (Lipinski definition) is 3. The third-order valence-electron chi connectivity index (χ3n) is 13.4. The van der Waals surface area contributed by atoms with Crippen molar-refractivity contribution in [3.8, 4) is 0 Å². The van der Waals surface area contributed by atoms with Crippen molar-refractivity contribution in [1.29, 1.82) is 0 Å². The fourth-order valence-electron chi connectivity index (χ4n) is 11.0. The summed E-state index contributed by atoms with van der Waals surface area (Å²) in [4.78, 5) is 12.8. The summed E-state index contributed by atoms with van der Waals surface area (Å²) in [6.07, 6.45) is 10.8. The lowest BCUT2D eigenvalue weighted by Gasteiger charge is -2.71. The van der Waals surface area contributed by atoms with E-state index in [1.165, 1.54) is 5.57 Å². The number of aliphatic carboxylic acids is 1. The summed E-state index contributed by atoms with van der Waals surface area (Å²) in [7, 11) is 0. The van der Waals surface area contributed by atoms with E-state index in [-0.39, 0.29) is 52.1 Å². The Morgan fingerprint density at radius 1 is 0.971 bits per heavy atom. The molecule has 4 fully saturated rings. The van der Waals surface area contributed by atoms with Crippen LogP contribution in [0.3, 0.4) is 0 Å². The first-order chi connectivity index (χ1) is 15.8. The summed E-state index contributed by atoms with van der Waals surface area (Å²) in [5.41, 5.74) is 1.03. The zero-order chi connectivity index (χ0) is 24.9. The smallest absolute Gasteiger partial charge is 0.310 e. The normalized spacial score (nSPS) is 54.1. The molecule has 0 aliphatic heterocycles. The number of hydrogen-bond donors (Lipinski definition) is 3. The van der Waals surface area contributed by atoms with Gasteiger partial charge < -0.3 is 15.3 Å². The highest BCUT2D eigenvalue weighted by molar-refractivity contribution is 5.76. The molecule has 4 nitrogen and oxygen atoms in total. The van der Waals surface area contributed by atoms with Gasteiger partial charge in [-0.1, -0.05) is 53.2 Å². The number of carboxylic acids is 1. The number of allylic oxidation sites excluding steroid dienone is 2. The second-order valence-electron chi connectivity index (χ2n) is 14.4. The van der Waals surface area contributed by atoms with Crippen LogP contribution in [0.1, 0.15) is 99.3 Å². The molecule has 6 unspecified atom stereocenters. The number of aliphatic hydroxyl groups is 2. The zero-order valence-electron chi connectivity index (χ0n) is 22.4. The van der Waals surface area contributed by atoms with Gasteiger partial charge >= 0.3 is 5.97 Å². The van der Waals surface area contributed by atoms with Gasteiger partial charge in [0.1, 0.15) is 0 Å². The molecule has 0 spiro atoms. The maximum absolute atomic E-state index is 12.8. The molecule has 10 atom stereocenters. The molecule has 3 N–H and O–H groups in total. The molecule has 5 aliphatic rings. The average Bonchev–Trinajstić information content (AvgIpc) is 2.77. The largest absolute Gasteiger partial charge is 0.481 e. The van der Waals surface area contributed by atoms with Crippen LogP contribution in [0.5, 0.6) is 0 Å². The van der Waals surface area contributed by atoms with Gasteiger partial charge in [-0.15, -0.1) is 0 Å². The summed E-state index contributed by atoms with van der Waals surface area (Å²) >= 11 is 0. The summed E-state index contributed by atoms with van der Waals surface area (Å²) in [5.74, 6) is 0.882. The predicted molar refractivity (Wildman–Crippen MR) is 134 cm³/mol. The van der Waals surface area contributed by atoms with E-state index < -0.39 is 11.4 Å². The second-order valence-corrected chi connectivity index (χ2v) is 14.4.